The van der Waals surface area contributed by atoms with Gasteiger partial charge in [0.25, 0.3) is 5.91 Å². The largest absolute Gasteiger partial charge is 0.455 e. The minimum atomic E-state index is -0.369. The zero-order chi connectivity index (χ0) is 15.2. The summed E-state index contributed by atoms with van der Waals surface area (Å²) in [6.07, 6.45) is 1.67. The number of ether oxygens (including phenoxy) is 1. The summed E-state index contributed by atoms with van der Waals surface area (Å²) in [6, 6.07) is 7.64. The highest BCUT2D eigenvalue weighted by Crippen LogP contribution is 2.25. The van der Waals surface area contributed by atoms with Crippen LogP contribution < -0.4 is 5.32 Å². The topological polar surface area (TPSA) is 68.3 Å². The van der Waals surface area contributed by atoms with E-state index < -0.39 is 0 Å². The third-order valence-electron chi connectivity index (χ3n) is 3.01. The van der Waals surface area contributed by atoms with Crippen LogP contribution in [0, 0.1) is 5.92 Å². The average Bonchev–Trinajstić information content (AvgIpc) is 2.87. The third kappa shape index (κ3) is 4.26. The number of esters is 1. The number of para-hydroxylation sites is 1. The number of amides is 1. The van der Waals surface area contributed by atoms with Gasteiger partial charge < -0.3 is 4.74 Å². The second-order valence-corrected chi connectivity index (χ2v) is 5.86. The lowest BCUT2D eigenvalue weighted by Crippen LogP contribution is -2.23. The van der Waals surface area contributed by atoms with E-state index in [-0.39, 0.29) is 24.4 Å². The Morgan fingerprint density at radius 3 is 2.86 bits per heavy atom. The van der Waals surface area contributed by atoms with Gasteiger partial charge in [-0.25, -0.2) is 4.98 Å². The molecule has 2 aromatic rings. The van der Waals surface area contributed by atoms with Gasteiger partial charge in [-0.3, -0.25) is 14.9 Å². The van der Waals surface area contributed by atoms with E-state index in [1.54, 1.807) is 6.92 Å². The summed E-state index contributed by atoms with van der Waals surface area (Å²) in [5.41, 5.74) is 0.839. The number of benzene rings is 1. The number of nitrogens with zero attached hydrogens (tertiary/aromatic N) is 1. The molecule has 0 aliphatic rings. The molecule has 0 saturated carbocycles. The van der Waals surface area contributed by atoms with E-state index in [2.05, 4.69) is 10.3 Å². The summed E-state index contributed by atoms with van der Waals surface area (Å²) in [7, 11) is 0. The van der Waals surface area contributed by atoms with Gasteiger partial charge in [0, 0.05) is 0 Å². The molecule has 21 heavy (non-hydrogen) atoms. The number of hydrogen-bond donors (Lipinski definition) is 1. The molecule has 1 heterocycles. The lowest BCUT2D eigenvalue weighted by molar-refractivity contribution is -0.151. The van der Waals surface area contributed by atoms with Gasteiger partial charge in [0.1, 0.15) is 0 Å². The van der Waals surface area contributed by atoms with E-state index in [0.29, 0.717) is 5.13 Å². The first-order valence-corrected chi connectivity index (χ1v) is 7.74. The average molecular weight is 306 g/mol. The van der Waals surface area contributed by atoms with Crippen LogP contribution in [0.2, 0.25) is 0 Å². The van der Waals surface area contributed by atoms with Crippen LogP contribution in [0.15, 0.2) is 24.3 Å². The summed E-state index contributed by atoms with van der Waals surface area (Å²) < 4.78 is 5.99. The maximum Gasteiger partial charge on any atom is 0.309 e. The van der Waals surface area contributed by atoms with Gasteiger partial charge in [-0.2, -0.15) is 0 Å². The Labute approximate surface area is 127 Å². The van der Waals surface area contributed by atoms with Crippen molar-refractivity contribution >= 4 is 38.6 Å². The van der Waals surface area contributed by atoms with Crippen molar-refractivity contribution in [1.29, 1.82) is 0 Å². The summed E-state index contributed by atoms with van der Waals surface area (Å²) in [4.78, 5) is 27.7. The van der Waals surface area contributed by atoms with Crippen molar-refractivity contribution in [1.82, 2.24) is 4.98 Å². The molecule has 1 atom stereocenters. The van der Waals surface area contributed by atoms with Gasteiger partial charge in [0.15, 0.2) is 11.7 Å². The molecule has 1 N–H and O–H groups in total. The van der Waals surface area contributed by atoms with Crippen molar-refractivity contribution < 1.29 is 14.3 Å². The smallest absolute Gasteiger partial charge is 0.309 e. The molecule has 0 aliphatic heterocycles. The number of aromatic nitrogens is 1. The normalized spacial score (nSPS) is 12.1. The fourth-order valence-corrected chi connectivity index (χ4v) is 2.79. The molecule has 1 aromatic carbocycles. The van der Waals surface area contributed by atoms with E-state index in [1.807, 2.05) is 31.2 Å². The van der Waals surface area contributed by atoms with Crippen LogP contribution in [-0.4, -0.2) is 23.5 Å². The van der Waals surface area contributed by atoms with Crippen molar-refractivity contribution in [2.45, 2.75) is 26.7 Å². The molecule has 0 unspecified atom stereocenters. The Morgan fingerprint density at radius 1 is 1.38 bits per heavy atom. The second kappa shape index (κ2) is 7.17. The molecule has 0 fully saturated rings. The maximum atomic E-state index is 11.8. The highest BCUT2D eigenvalue weighted by Gasteiger charge is 2.15. The highest BCUT2D eigenvalue weighted by atomic mass is 32.1. The molecule has 112 valence electrons. The van der Waals surface area contributed by atoms with Crippen LogP contribution in [0.4, 0.5) is 5.13 Å². The zero-order valence-electron chi connectivity index (χ0n) is 12.1. The number of anilines is 1. The molecule has 0 saturated heterocycles. The Balaban J connectivity index is 1.85. The number of rotatable bonds is 6. The quantitative estimate of drug-likeness (QED) is 0.832. The van der Waals surface area contributed by atoms with E-state index in [1.165, 1.54) is 11.3 Å². The molecule has 1 aromatic heterocycles. The number of hydrogen-bond acceptors (Lipinski definition) is 5. The molecular weight excluding hydrogens is 288 g/mol. The van der Waals surface area contributed by atoms with Crippen LogP contribution >= 0.6 is 11.3 Å². The predicted octanol–water partition coefficient (Wildman–Crippen LogP) is 3.21. The second-order valence-electron chi connectivity index (χ2n) is 4.83. The standard InChI is InChI=1S/C15H18N2O3S/c1-3-6-10(2)14(19)20-9-13(18)17-15-16-11-7-4-5-8-12(11)21-15/h4-5,7-8,10H,3,6,9H2,1-2H3,(H,16,17,18)/t10-/m1/s1. The summed E-state index contributed by atoms with van der Waals surface area (Å²) in [6.45, 7) is 3.53. The SMILES string of the molecule is CCC[C@@H](C)C(=O)OCC(=O)Nc1nc2ccccc2s1. The molecule has 0 bridgehead atoms. The summed E-state index contributed by atoms with van der Waals surface area (Å²) in [5.74, 6) is -0.882. The number of carbonyl (C=O) groups is 2. The van der Waals surface area contributed by atoms with Gasteiger partial charge in [0.05, 0.1) is 16.1 Å². The first-order valence-electron chi connectivity index (χ1n) is 6.92. The molecule has 2 rings (SSSR count). The lowest BCUT2D eigenvalue weighted by Gasteiger charge is -2.09. The van der Waals surface area contributed by atoms with Crippen LogP contribution in [0.3, 0.4) is 0 Å². The third-order valence-corrected chi connectivity index (χ3v) is 3.96. The van der Waals surface area contributed by atoms with E-state index in [9.17, 15) is 9.59 Å². The van der Waals surface area contributed by atoms with Gasteiger partial charge >= 0.3 is 5.97 Å². The molecule has 0 radical (unpaired) electrons. The van der Waals surface area contributed by atoms with E-state index in [4.69, 9.17) is 4.74 Å². The number of fused-ring (bicyclic) bond motifs is 1. The molecule has 0 spiro atoms. The maximum absolute atomic E-state index is 11.8. The molecule has 0 aliphatic carbocycles. The van der Waals surface area contributed by atoms with Crippen molar-refractivity contribution in [3.8, 4) is 0 Å². The van der Waals surface area contributed by atoms with E-state index >= 15 is 0 Å². The highest BCUT2D eigenvalue weighted by molar-refractivity contribution is 7.22. The molecular formula is C15H18N2O3S. The van der Waals surface area contributed by atoms with Crippen LogP contribution in [-0.2, 0) is 14.3 Å². The Hall–Kier alpha value is -1.95. The fraction of sp³-hybridized carbons (Fsp3) is 0.400. The van der Waals surface area contributed by atoms with Crippen molar-refractivity contribution in [3.63, 3.8) is 0 Å². The Kier molecular flexibility index (Phi) is 5.27. The predicted molar refractivity (Wildman–Crippen MR) is 83.3 cm³/mol. The van der Waals surface area contributed by atoms with Gasteiger partial charge in [-0.1, -0.05) is 43.7 Å². The van der Waals surface area contributed by atoms with Crippen LogP contribution in [0.1, 0.15) is 26.7 Å². The first kappa shape index (κ1) is 15.4. The van der Waals surface area contributed by atoms with Crippen molar-refractivity contribution in [2.75, 3.05) is 11.9 Å². The van der Waals surface area contributed by atoms with Gasteiger partial charge in [-0.15, -0.1) is 0 Å². The Bertz CT molecular complexity index is 606. The summed E-state index contributed by atoms with van der Waals surface area (Å²) >= 11 is 1.39. The minimum absolute atomic E-state index is 0.176. The van der Waals surface area contributed by atoms with Crippen LogP contribution in [0.25, 0.3) is 10.2 Å². The molecule has 6 heteroatoms. The van der Waals surface area contributed by atoms with Crippen LogP contribution in [0.5, 0.6) is 0 Å². The van der Waals surface area contributed by atoms with Gasteiger partial charge in [-0.05, 0) is 18.6 Å². The first-order chi connectivity index (χ1) is 10.1. The summed E-state index contributed by atoms with van der Waals surface area (Å²) in [5, 5.41) is 3.16. The molecule has 5 nitrogen and oxygen atoms in total. The number of carbonyl (C=O) groups excluding carboxylic acids is 2. The van der Waals surface area contributed by atoms with E-state index in [0.717, 1.165) is 23.1 Å². The number of thiazole rings is 1. The monoisotopic (exact) mass is 306 g/mol. The molecule has 1 amide bonds. The fourth-order valence-electron chi connectivity index (χ4n) is 1.91. The van der Waals surface area contributed by atoms with Crippen molar-refractivity contribution in [3.05, 3.63) is 24.3 Å². The minimum Gasteiger partial charge on any atom is -0.455 e. The van der Waals surface area contributed by atoms with Crippen molar-refractivity contribution in [2.24, 2.45) is 5.92 Å². The Morgan fingerprint density at radius 2 is 2.14 bits per heavy atom. The van der Waals surface area contributed by atoms with Gasteiger partial charge in [0.2, 0.25) is 0 Å². The lowest BCUT2D eigenvalue weighted by atomic mass is 10.1. The number of nitrogens with one attached hydrogen (secondary N) is 1. The zero-order valence-corrected chi connectivity index (χ0v) is 12.9.